The lowest BCUT2D eigenvalue weighted by molar-refractivity contribution is -0.117. The summed E-state index contributed by atoms with van der Waals surface area (Å²) in [6.07, 6.45) is 0.901. The minimum Gasteiger partial charge on any atom is -0.325 e. The molecule has 0 aliphatic carbocycles. The topological polar surface area (TPSA) is 58.3 Å². The third-order valence-corrected chi connectivity index (χ3v) is 6.56. The second-order valence-corrected chi connectivity index (χ2v) is 8.86. The van der Waals surface area contributed by atoms with Gasteiger partial charge < -0.3 is 5.32 Å². The molecule has 2 aromatic carbocycles. The Kier molecular flexibility index (Phi) is 7.69. The predicted molar refractivity (Wildman–Crippen MR) is 134 cm³/mol. The Morgan fingerprint density at radius 1 is 1.00 bits per heavy atom. The van der Waals surface area contributed by atoms with E-state index in [0.29, 0.717) is 13.2 Å². The van der Waals surface area contributed by atoms with E-state index in [-0.39, 0.29) is 5.91 Å². The smallest absolute Gasteiger partial charge is 0.238 e. The van der Waals surface area contributed by atoms with Crippen LogP contribution >= 0.6 is 12.2 Å². The van der Waals surface area contributed by atoms with Crippen LogP contribution in [-0.2, 0) is 24.4 Å². The van der Waals surface area contributed by atoms with Gasteiger partial charge in [0.2, 0.25) is 5.91 Å². The SMILES string of the molecule is CCc1ccccc1NC(=O)CN1CCN(Cn2nc(C)n(Cc3ccccc3)c2=S)CC1. The van der Waals surface area contributed by atoms with Crippen LogP contribution in [0.5, 0.6) is 0 Å². The summed E-state index contributed by atoms with van der Waals surface area (Å²) in [4.78, 5) is 17.1. The van der Waals surface area contributed by atoms with Crippen molar-refractivity contribution in [2.75, 3.05) is 38.0 Å². The maximum atomic E-state index is 12.6. The fourth-order valence-corrected chi connectivity index (χ4v) is 4.51. The van der Waals surface area contributed by atoms with Crippen molar-refractivity contribution < 1.29 is 4.79 Å². The van der Waals surface area contributed by atoms with Crippen molar-refractivity contribution in [3.8, 4) is 0 Å². The molecule has 1 N–H and O–H groups in total. The van der Waals surface area contributed by atoms with E-state index in [1.807, 2.05) is 48.0 Å². The molecule has 0 spiro atoms. The first-order valence-corrected chi connectivity index (χ1v) is 11.9. The zero-order chi connectivity index (χ0) is 23.2. The van der Waals surface area contributed by atoms with E-state index < -0.39 is 0 Å². The summed E-state index contributed by atoms with van der Waals surface area (Å²) in [6.45, 7) is 9.37. The van der Waals surface area contributed by atoms with Crippen LogP contribution in [0.1, 0.15) is 23.9 Å². The molecule has 0 radical (unpaired) electrons. The van der Waals surface area contributed by atoms with Gasteiger partial charge in [0.25, 0.3) is 0 Å². The molecule has 1 aliphatic heterocycles. The van der Waals surface area contributed by atoms with Gasteiger partial charge in [-0.15, -0.1) is 0 Å². The van der Waals surface area contributed by atoms with Gasteiger partial charge in [-0.2, -0.15) is 5.10 Å². The minimum atomic E-state index is 0.0434. The molecular weight excluding hydrogens is 432 g/mol. The van der Waals surface area contributed by atoms with E-state index in [4.69, 9.17) is 12.2 Å². The molecule has 7 nitrogen and oxygen atoms in total. The summed E-state index contributed by atoms with van der Waals surface area (Å²) in [5.74, 6) is 0.966. The normalized spacial score (nSPS) is 15.0. The molecule has 8 heteroatoms. The van der Waals surface area contributed by atoms with Gasteiger partial charge in [0, 0.05) is 31.9 Å². The highest BCUT2D eigenvalue weighted by Gasteiger charge is 2.20. The highest BCUT2D eigenvalue weighted by molar-refractivity contribution is 7.71. The van der Waals surface area contributed by atoms with E-state index in [0.717, 1.165) is 61.0 Å². The van der Waals surface area contributed by atoms with Gasteiger partial charge in [0.15, 0.2) is 4.77 Å². The summed E-state index contributed by atoms with van der Waals surface area (Å²) in [6, 6.07) is 18.3. The number of aromatic nitrogens is 3. The molecule has 33 heavy (non-hydrogen) atoms. The molecule has 1 saturated heterocycles. The van der Waals surface area contributed by atoms with E-state index in [2.05, 4.69) is 49.9 Å². The first-order chi connectivity index (χ1) is 16.0. The van der Waals surface area contributed by atoms with Crippen molar-refractivity contribution in [2.45, 2.75) is 33.5 Å². The number of carbonyl (C=O) groups excluding carboxylic acids is 1. The Morgan fingerprint density at radius 3 is 2.39 bits per heavy atom. The number of carbonyl (C=O) groups is 1. The molecule has 1 aromatic heterocycles. The Morgan fingerprint density at radius 2 is 1.67 bits per heavy atom. The first-order valence-electron chi connectivity index (χ1n) is 11.5. The fourth-order valence-electron chi connectivity index (χ4n) is 4.21. The average Bonchev–Trinajstić information content (AvgIpc) is 3.08. The molecule has 4 rings (SSSR count). The third kappa shape index (κ3) is 5.96. The molecular formula is C25H32N6OS. The molecule has 0 unspecified atom stereocenters. The number of nitrogens with zero attached hydrogens (tertiary/aromatic N) is 5. The zero-order valence-electron chi connectivity index (χ0n) is 19.4. The molecule has 0 atom stereocenters. The quantitative estimate of drug-likeness (QED) is 0.517. The summed E-state index contributed by atoms with van der Waals surface area (Å²) < 4.78 is 4.74. The first kappa shape index (κ1) is 23.4. The van der Waals surface area contributed by atoms with Crippen LogP contribution in [0.25, 0.3) is 0 Å². The third-order valence-electron chi connectivity index (χ3n) is 6.13. The fraction of sp³-hybridized carbons (Fsp3) is 0.400. The van der Waals surface area contributed by atoms with Gasteiger partial charge in [-0.25, -0.2) is 4.68 Å². The number of rotatable bonds is 8. The number of nitrogens with one attached hydrogen (secondary N) is 1. The summed E-state index contributed by atoms with van der Waals surface area (Å²) in [5, 5.41) is 7.76. The Labute approximate surface area is 200 Å². The second kappa shape index (κ2) is 10.9. The number of hydrogen-bond acceptors (Lipinski definition) is 5. The molecule has 1 aliphatic rings. The van der Waals surface area contributed by atoms with Gasteiger partial charge in [-0.05, 0) is 42.8 Å². The highest BCUT2D eigenvalue weighted by Crippen LogP contribution is 2.15. The second-order valence-electron chi connectivity index (χ2n) is 8.50. The van der Waals surface area contributed by atoms with Crippen molar-refractivity contribution in [1.29, 1.82) is 0 Å². The minimum absolute atomic E-state index is 0.0434. The van der Waals surface area contributed by atoms with Gasteiger partial charge in [-0.1, -0.05) is 55.5 Å². The zero-order valence-corrected chi connectivity index (χ0v) is 20.2. The number of anilines is 1. The monoisotopic (exact) mass is 464 g/mol. The van der Waals surface area contributed by atoms with Gasteiger partial charge in [-0.3, -0.25) is 19.2 Å². The van der Waals surface area contributed by atoms with Gasteiger partial charge in [0.05, 0.1) is 19.8 Å². The van der Waals surface area contributed by atoms with E-state index in [9.17, 15) is 4.79 Å². The Balaban J connectivity index is 1.29. The lowest BCUT2D eigenvalue weighted by Crippen LogP contribution is -2.49. The lowest BCUT2D eigenvalue weighted by atomic mass is 10.1. The van der Waals surface area contributed by atoms with Crippen LogP contribution in [0, 0.1) is 11.7 Å². The number of amides is 1. The van der Waals surface area contributed by atoms with Crippen LogP contribution in [0.2, 0.25) is 0 Å². The predicted octanol–water partition coefficient (Wildman–Crippen LogP) is 3.55. The molecule has 2 heterocycles. The largest absolute Gasteiger partial charge is 0.325 e. The van der Waals surface area contributed by atoms with Crippen LogP contribution in [0.3, 0.4) is 0 Å². The molecule has 3 aromatic rings. The number of piperazine rings is 1. The van der Waals surface area contributed by atoms with Crippen molar-refractivity contribution >= 4 is 23.8 Å². The number of benzene rings is 2. The Bertz CT molecular complexity index is 1130. The van der Waals surface area contributed by atoms with Crippen molar-refractivity contribution in [3.05, 3.63) is 76.3 Å². The maximum Gasteiger partial charge on any atom is 0.238 e. The van der Waals surface area contributed by atoms with Crippen LogP contribution in [0.15, 0.2) is 54.6 Å². The number of hydrogen-bond donors (Lipinski definition) is 1. The molecule has 1 amide bonds. The van der Waals surface area contributed by atoms with E-state index >= 15 is 0 Å². The molecule has 0 bridgehead atoms. The standard InChI is InChI=1S/C25H32N6OS/c1-3-22-11-7-8-12-23(22)26-24(32)18-28-13-15-29(16-14-28)19-31-25(33)30(20(2)27-31)17-21-9-5-4-6-10-21/h4-12H,3,13-19H2,1-2H3,(H,26,32). The van der Waals surface area contributed by atoms with E-state index in [1.54, 1.807) is 0 Å². The van der Waals surface area contributed by atoms with Gasteiger partial charge in [0.1, 0.15) is 5.82 Å². The average molecular weight is 465 g/mol. The van der Waals surface area contributed by atoms with Crippen molar-refractivity contribution in [2.24, 2.45) is 0 Å². The lowest BCUT2D eigenvalue weighted by Gasteiger charge is -2.34. The van der Waals surface area contributed by atoms with Crippen molar-refractivity contribution in [1.82, 2.24) is 24.1 Å². The van der Waals surface area contributed by atoms with Crippen LogP contribution < -0.4 is 5.32 Å². The summed E-state index contributed by atoms with van der Waals surface area (Å²) >= 11 is 5.72. The number of aryl methyl sites for hydroxylation is 2. The van der Waals surface area contributed by atoms with E-state index in [1.165, 1.54) is 5.56 Å². The summed E-state index contributed by atoms with van der Waals surface area (Å²) in [5.41, 5.74) is 3.29. The number of para-hydroxylation sites is 1. The molecule has 174 valence electrons. The maximum absolute atomic E-state index is 12.6. The Hall–Kier alpha value is -2.81. The van der Waals surface area contributed by atoms with Crippen LogP contribution in [0.4, 0.5) is 5.69 Å². The summed E-state index contributed by atoms with van der Waals surface area (Å²) in [7, 11) is 0. The van der Waals surface area contributed by atoms with Crippen LogP contribution in [-0.4, -0.2) is 62.8 Å². The molecule has 1 fully saturated rings. The highest BCUT2D eigenvalue weighted by atomic mass is 32.1. The van der Waals surface area contributed by atoms with Gasteiger partial charge >= 0.3 is 0 Å². The van der Waals surface area contributed by atoms with Crippen molar-refractivity contribution in [3.63, 3.8) is 0 Å². The molecule has 0 saturated carbocycles.